The largest absolute Gasteiger partial charge is 0.386 e. The zero-order valence-electron chi connectivity index (χ0n) is 41.3. The maximum Gasteiger partial charge on any atom is 0.258 e. The Labute approximate surface area is 416 Å². The van der Waals surface area contributed by atoms with Crippen LogP contribution in [0.1, 0.15) is 101 Å². The van der Waals surface area contributed by atoms with Crippen molar-refractivity contribution in [3.63, 3.8) is 0 Å². The van der Waals surface area contributed by atoms with Crippen LogP contribution in [-0.4, -0.2) is 93.9 Å². The van der Waals surface area contributed by atoms with Gasteiger partial charge >= 0.3 is 0 Å². The summed E-state index contributed by atoms with van der Waals surface area (Å²) < 4.78 is 34.2. The number of aryl methyl sites for hydroxylation is 3. The standard InChI is InChI=1S/C56H59F2N9O5/c1-33-26-40(28-43(57)53(33)38-19-24-65(25-20-38)34(2)49-29-42-47(16-21-60-54(42)63(49)5)66-32-44(58)45(59-3)30-52(66)70)56(72)62(4)41-10-7-36(8-11-41)37-17-22-64(23-18-37)31-35-6-12-46-39(27-35)9-15-51(69)67(46)48-13-14-50(68)61-55(48)71/h6-8,10-12,16,19,21,26-30,32,34,37,48,59H,9,13-15,17-18,20,22-25,31H2,1-5H3,(H,61,68,71)/t34-,48?/m0/s1. The van der Waals surface area contributed by atoms with Crippen LogP contribution < -0.4 is 26.0 Å². The highest BCUT2D eigenvalue weighted by molar-refractivity contribution is 6.08. The van der Waals surface area contributed by atoms with E-state index in [9.17, 15) is 28.4 Å². The Hall–Kier alpha value is -7.30. The number of carbonyl (C=O) groups excluding carboxylic acids is 4. The molecule has 3 aromatic heterocycles. The monoisotopic (exact) mass is 975 g/mol. The van der Waals surface area contributed by atoms with Gasteiger partial charge in [0.2, 0.25) is 17.7 Å². The van der Waals surface area contributed by atoms with Gasteiger partial charge in [-0.2, -0.15) is 0 Å². The Kier molecular flexibility index (Phi) is 13.2. The molecule has 1 unspecified atom stereocenters. The number of amides is 4. The Morgan fingerprint density at radius 1 is 0.889 bits per heavy atom. The molecule has 0 spiro atoms. The minimum atomic E-state index is -0.669. The molecular weight excluding hydrogens is 917 g/mol. The zero-order chi connectivity index (χ0) is 50.5. The molecule has 0 aliphatic carbocycles. The van der Waals surface area contributed by atoms with Gasteiger partial charge in [-0.25, -0.2) is 13.8 Å². The minimum absolute atomic E-state index is 0.0588. The first kappa shape index (κ1) is 48.3. The van der Waals surface area contributed by atoms with Crippen LogP contribution in [0.15, 0.2) is 96.1 Å². The lowest BCUT2D eigenvalue weighted by atomic mass is 9.89. The number of fused-ring (bicyclic) bond motifs is 2. The molecule has 4 amide bonds. The number of pyridine rings is 2. The maximum absolute atomic E-state index is 16.2. The molecule has 2 saturated heterocycles. The van der Waals surface area contributed by atoms with Crippen LogP contribution in [0.2, 0.25) is 0 Å². The van der Waals surface area contributed by atoms with Crippen LogP contribution in [0.25, 0.3) is 22.3 Å². The number of likely N-dealkylation sites (tertiary alicyclic amines) is 1. The Morgan fingerprint density at radius 3 is 2.38 bits per heavy atom. The Morgan fingerprint density at radius 2 is 1.67 bits per heavy atom. The molecule has 4 aliphatic rings. The third kappa shape index (κ3) is 9.13. The second-order valence-electron chi connectivity index (χ2n) is 19.7. The topological polar surface area (TPSA) is 145 Å². The molecule has 2 atom stereocenters. The average molecular weight is 976 g/mol. The quantitative estimate of drug-likeness (QED) is 0.124. The smallest absolute Gasteiger partial charge is 0.258 e. The van der Waals surface area contributed by atoms with Gasteiger partial charge < -0.3 is 14.8 Å². The van der Waals surface area contributed by atoms with Gasteiger partial charge in [0, 0.05) is 106 Å². The number of imide groups is 1. The molecule has 6 aromatic rings. The van der Waals surface area contributed by atoms with Crippen LogP contribution in [0, 0.1) is 18.6 Å². The number of hydrogen-bond donors (Lipinski definition) is 2. The molecule has 0 saturated carbocycles. The van der Waals surface area contributed by atoms with Gasteiger partial charge in [-0.1, -0.05) is 30.3 Å². The second-order valence-corrected chi connectivity index (χ2v) is 19.7. The number of aromatic nitrogens is 3. The third-order valence-electron chi connectivity index (χ3n) is 15.4. The first-order valence-electron chi connectivity index (χ1n) is 24.8. The van der Waals surface area contributed by atoms with Crippen molar-refractivity contribution < 1.29 is 28.0 Å². The molecular formula is C56H59F2N9O5. The molecule has 16 heteroatoms. The van der Waals surface area contributed by atoms with Gasteiger partial charge in [-0.15, -0.1) is 0 Å². The normalized spacial score (nSPS) is 18.5. The number of piperidine rings is 2. The van der Waals surface area contributed by atoms with Crippen LogP contribution in [-0.2, 0) is 34.4 Å². The number of carbonyl (C=O) groups is 4. The van der Waals surface area contributed by atoms with Gasteiger partial charge in [-0.3, -0.25) is 48.6 Å². The Balaban J connectivity index is 0.747. The van der Waals surface area contributed by atoms with E-state index in [-0.39, 0.29) is 47.0 Å². The van der Waals surface area contributed by atoms with E-state index in [1.165, 1.54) is 28.5 Å². The summed E-state index contributed by atoms with van der Waals surface area (Å²) in [4.78, 5) is 76.8. The number of nitrogens with zero attached hydrogens (tertiary/aromatic N) is 7. The van der Waals surface area contributed by atoms with E-state index in [0.717, 1.165) is 71.6 Å². The average Bonchev–Trinajstić information content (AvgIpc) is 3.72. The molecule has 10 rings (SSSR count). The highest BCUT2D eigenvalue weighted by atomic mass is 19.1. The minimum Gasteiger partial charge on any atom is -0.386 e. The molecule has 2 fully saturated rings. The van der Waals surface area contributed by atoms with Gasteiger partial charge in [0.1, 0.15) is 17.5 Å². The number of anilines is 3. The molecule has 0 radical (unpaired) electrons. The van der Waals surface area contributed by atoms with E-state index < -0.39 is 23.6 Å². The summed E-state index contributed by atoms with van der Waals surface area (Å²) in [5.74, 6) is -1.69. The lowest BCUT2D eigenvalue weighted by Crippen LogP contribution is -2.55. The number of benzene rings is 3. The van der Waals surface area contributed by atoms with E-state index >= 15 is 4.39 Å². The van der Waals surface area contributed by atoms with Crippen molar-refractivity contribution in [2.24, 2.45) is 7.05 Å². The van der Waals surface area contributed by atoms with Crippen LogP contribution in [0.3, 0.4) is 0 Å². The van der Waals surface area contributed by atoms with Crippen LogP contribution >= 0.6 is 0 Å². The molecule has 14 nitrogen and oxygen atoms in total. The molecule has 2 N–H and O–H groups in total. The lowest BCUT2D eigenvalue weighted by molar-refractivity contribution is -0.135. The second kappa shape index (κ2) is 19.7. The number of hydrogen-bond acceptors (Lipinski definition) is 9. The summed E-state index contributed by atoms with van der Waals surface area (Å²) in [6.07, 6.45) is 8.94. The number of halogens is 2. The molecule has 372 valence electrons. The fraction of sp³-hybridized carbons (Fsp3) is 0.357. The molecule has 72 heavy (non-hydrogen) atoms. The number of nitrogens with one attached hydrogen (secondary N) is 2. The van der Waals surface area contributed by atoms with Crippen molar-refractivity contribution in [1.82, 2.24) is 29.2 Å². The van der Waals surface area contributed by atoms with E-state index in [2.05, 4.69) is 56.6 Å². The highest BCUT2D eigenvalue weighted by Gasteiger charge is 2.38. The summed E-state index contributed by atoms with van der Waals surface area (Å²) >= 11 is 0. The SMILES string of the molecule is CNc1cc(=O)n(-c2ccnc3c2cc([C@H](C)N2CC=C(c4c(C)cc(C(=O)N(C)c5ccc(C6CCN(Cc7ccc8c(c7)CCC(=O)N8C7CCC(=O)NC7=O)CC6)cc5)cc4F)CC2)n3C)cc1F. The third-order valence-corrected chi connectivity index (χ3v) is 15.4. The first-order valence-corrected chi connectivity index (χ1v) is 24.8. The van der Waals surface area contributed by atoms with Crippen molar-refractivity contribution in [3.8, 4) is 5.69 Å². The van der Waals surface area contributed by atoms with E-state index in [4.69, 9.17) is 0 Å². The van der Waals surface area contributed by atoms with Gasteiger partial charge in [-0.05, 0) is 135 Å². The summed E-state index contributed by atoms with van der Waals surface area (Å²) in [5.41, 5.74) is 9.25. The lowest BCUT2D eigenvalue weighted by Gasteiger charge is -2.37. The van der Waals surface area contributed by atoms with Crippen molar-refractivity contribution in [1.29, 1.82) is 0 Å². The predicted molar refractivity (Wildman–Crippen MR) is 274 cm³/mol. The van der Waals surface area contributed by atoms with Crippen molar-refractivity contribution >= 4 is 57.3 Å². The molecule has 0 bridgehead atoms. The van der Waals surface area contributed by atoms with Crippen LogP contribution in [0.5, 0.6) is 0 Å². The molecule has 7 heterocycles. The first-order chi connectivity index (χ1) is 34.7. The van der Waals surface area contributed by atoms with E-state index in [0.29, 0.717) is 67.2 Å². The van der Waals surface area contributed by atoms with Crippen molar-refractivity contribution in [2.75, 3.05) is 55.4 Å². The van der Waals surface area contributed by atoms with Crippen LogP contribution in [0.4, 0.5) is 25.8 Å². The predicted octanol–water partition coefficient (Wildman–Crippen LogP) is 7.94. The van der Waals surface area contributed by atoms with Gasteiger partial charge in [0.05, 0.1) is 17.6 Å². The summed E-state index contributed by atoms with van der Waals surface area (Å²) in [6.45, 7) is 7.82. The maximum atomic E-state index is 16.2. The van der Waals surface area contributed by atoms with E-state index in [1.54, 1.807) is 42.2 Å². The van der Waals surface area contributed by atoms with Gasteiger partial charge in [0.15, 0.2) is 5.82 Å². The summed E-state index contributed by atoms with van der Waals surface area (Å²) in [7, 11) is 5.21. The molecule has 4 aliphatic heterocycles. The van der Waals surface area contributed by atoms with Crippen molar-refractivity contribution in [2.45, 2.75) is 83.3 Å². The Bertz CT molecular complexity index is 3220. The van der Waals surface area contributed by atoms with Gasteiger partial charge in [0.25, 0.3) is 11.5 Å². The van der Waals surface area contributed by atoms with Crippen molar-refractivity contribution in [3.05, 3.63) is 152 Å². The van der Waals surface area contributed by atoms with E-state index in [1.807, 2.05) is 48.9 Å². The fourth-order valence-electron chi connectivity index (χ4n) is 11.4. The summed E-state index contributed by atoms with van der Waals surface area (Å²) in [5, 5.41) is 5.82. The zero-order valence-corrected chi connectivity index (χ0v) is 41.3. The summed E-state index contributed by atoms with van der Waals surface area (Å²) in [6, 6.07) is 21.6. The molecule has 3 aromatic carbocycles. The highest BCUT2D eigenvalue weighted by Crippen LogP contribution is 2.37. The number of rotatable bonds is 11. The fourth-order valence-corrected chi connectivity index (χ4v) is 11.4.